The van der Waals surface area contributed by atoms with E-state index in [1.54, 1.807) is 12.1 Å². The fourth-order valence-corrected chi connectivity index (χ4v) is 3.31. The van der Waals surface area contributed by atoms with Gasteiger partial charge in [0.15, 0.2) is 0 Å². The molecule has 4 nitrogen and oxygen atoms in total. The Labute approximate surface area is 109 Å². The van der Waals surface area contributed by atoms with Gasteiger partial charge in [-0.1, -0.05) is 32.9 Å². The van der Waals surface area contributed by atoms with Crippen molar-refractivity contribution in [3.05, 3.63) is 29.8 Å². The third-order valence-electron chi connectivity index (χ3n) is 2.94. The Morgan fingerprint density at radius 2 is 2.00 bits per heavy atom. The second kappa shape index (κ2) is 6.31. The van der Waals surface area contributed by atoms with Crippen molar-refractivity contribution in [2.24, 2.45) is 5.92 Å². The zero-order valence-corrected chi connectivity index (χ0v) is 11.9. The van der Waals surface area contributed by atoms with Crippen LogP contribution in [-0.2, 0) is 16.6 Å². The quantitative estimate of drug-likeness (QED) is 0.830. The molecule has 0 spiro atoms. The van der Waals surface area contributed by atoms with E-state index in [1.807, 2.05) is 20.8 Å². The van der Waals surface area contributed by atoms with Crippen LogP contribution in [0, 0.1) is 5.92 Å². The number of hydrogen-bond donors (Lipinski definition) is 2. The molecule has 102 valence electrons. The molecular weight excluding hydrogens is 250 g/mol. The third kappa shape index (κ3) is 3.80. The smallest absolute Gasteiger partial charge is 0.240 e. The van der Waals surface area contributed by atoms with Crippen molar-refractivity contribution in [1.29, 1.82) is 0 Å². The normalized spacial score (nSPS) is 13.8. The fraction of sp³-hybridized carbons (Fsp3) is 0.538. The van der Waals surface area contributed by atoms with Gasteiger partial charge in [-0.3, -0.25) is 0 Å². The molecule has 0 aliphatic heterocycles. The molecule has 1 aromatic rings. The molecule has 5 heteroatoms. The monoisotopic (exact) mass is 271 g/mol. The van der Waals surface area contributed by atoms with Gasteiger partial charge in [-0.25, -0.2) is 13.1 Å². The number of hydrogen-bond acceptors (Lipinski definition) is 3. The molecule has 0 heterocycles. The van der Waals surface area contributed by atoms with Crippen molar-refractivity contribution < 1.29 is 13.5 Å². The summed E-state index contributed by atoms with van der Waals surface area (Å²) >= 11 is 0. The van der Waals surface area contributed by atoms with Crippen molar-refractivity contribution in [1.82, 2.24) is 4.72 Å². The average Bonchev–Trinajstić information content (AvgIpc) is 2.35. The van der Waals surface area contributed by atoms with Crippen LogP contribution in [0.5, 0.6) is 0 Å². The van der Waals surface area contributed by atoms with Gasteiger partial charge < -0.3 is 5.11 Å². The van der Waals surface area contributed by atoms with Gasteiger partial charge in [0.25, 0.3) is 0 Å². The standard InChI is InChI=1S/C13H21NO3S/c1-4-13(10(2)3)14-18(16,17)12-7-5-6-11(8-12)9-15/h5-8,10,13-15H,4,9H2,1-3H3. The minimum absolute atomic E-state index is 0.0761. The molecule has 0 fully saturated rings. The maximum Gasteiger partial charge on any atom is 0.240 e. The minimum atomic E-state index is -3.51. The van der Waals surface area contributed by atoms with Gasteiger partial charge in [0.1, 0.15) is 0 Å². The van der Waals surface area contributed by atoms with Gasteiger partial charge in [-0.15, -0.1) is 0 Å². The van der Waals surface area contributed by atoms with E-state index in [9.17, 15) is 8.42 Å². The molecule has 0 saturated carbocycles. The van der Waals surface area contributed by atoms with Gasteiger partial charge in [-0.05, 0) is 30.0 Å². The van der Waals surface area contributed by atoms with E-state index < -0.39 is 10.0 Å². The van der Waals surface area contributed by atoms with Crippen molar-refractivity contribution in [3.63, 3.8) is 0 Å². The number of aliphatic hydroxyl groups excluding tert-OH is 1. The van der Waals surface area contributed by atoms with E-state index in [2.05, 4.69) is 4.72 Å². The van der Waals surface area contributed by atoms with Gasteiger partial charge in [-0.2, -0.15) is 0 Å². The first-order valence-corrected chi connectivity index (χ1v) is 7.61. The number of nitrogens with one attached hydrogen (secondary N) is 1. The van der Waals surface area contributed by atoms with E-state index in [0.717, 1.165) is 6.42 Å². The van der Waals surface area contributed by atoms with E-state index in [-0.39, 0.29) is 23.5 Å². The Morgan fingerprint density at radius 1 is 1.33 bits per heavy atom. The SMILES string of the molecule is CCC(NS(=O)(=O)c1cccc(CO)c1)C(C)C. The van der Waals surface area contributed by atoms with Crippen LogP contribution in [0.4, 0.5) is 0 Å². The lowest BCUT2D eigenvalue weighted by Gasteiger charge is -2.20. The summed E-state index contributed by atoms with van der Waals surface area (Å²) in [5.74, 6) is 0.241. The predicted octanol–water partition coefficient (Wildman–Crippen LogP) is 1.89. The second-order valence-corrected chi connectivity index (χ2v) is 6.40. The summed E-state index contributed by atoms with van der Waals surface area (Å²) in [6.07, 6.45) is 0.747. The Hall–Kier alpha value is -0.910. The van der Waals surface area contributed by atoms with Gasteiger partial charge >= 0.3 is 0 Å². The molecule has 0 saturated heterocycles. The highest BCUT2D eigenvalue weighted by atomic mass is 32.2. The molecule has 1 atom stereocenters. The molecule has 1 unspecified atom stereocenters. The van der Waals surface area contributed by atoms with Crippen LogP contribution in [0.2, 0.25) is 0 Å². The van der Waals surface area contributed by atoms with Crippen LogP contribution in [-0.4, -0.2) is 19.6 Å². The highest BCUT2D eigenvalue weighted by Crippen LogP contribution is 2.15. The topological polar surface area (TPSA) is 66.4 Å². The molecule has 1 rings (SSSR count). The number of benzene rings is 1. The Morgan fingerprint density at radius 3 is 2.50 bits per heavy atom. The lowest BCUT2D eigenvalue weighted by Crippen LogP contribution is -2.37. The molecular formula is C13H21NO3S. The highest BCUT2D eigenvalue weighted by molar-refractivity contribution is 7.89. The first-order valence-electron chi connectivity index (χ1n) is 6.12. The van der Waals surface area contributed by atoms with Gasteiger partial charge in [0, 0.05) is 6.04 Å². The fourth-order valence-electron chi connectivity index (χ4n) is 1.77. The maximum absolute atomic E-state index is 12.2. The van der Waals surface area contributed by atoms with E-state index in [1.165, 1.54) is 12.1 Å². The van der Waals surface area contributed by atoms with Gasteiger partial charge in [0.2, 0.25) is 10.0 Å². The molecule has 1 aromatic carbocycles. The van der Waals surface area contributed by atoms with E-state index in [4.69, 9.17) is 5.11 Å². The van der Waals surface area contributed by atoms with Crippen molar-refractivity contribution in [2.75, 3.05) is 0 Å². The summed E-state index contributed by atoms with van der Waals surface area (Å²) in [4.78, 5) is 0.202. The summed E-state index contributed by atoms with van der Waals surface area (Å²) in [6, 6.07) is 6.28. The molecule has 18 heavy (non-hydrogen) atoms. The van der Waals surface area contributed by atoms with Crippen LogP contribution in [0.3, 0.4) is 0 Å². The Bertz CT molecular complexity index is 483. The van der Waals surface area contributed by atoms with Crippen molar-refractivity contribution in [3.8, 4) is 0 Å². The zero-order chi connectivity index (χ0) is 13.8. The third-order valence-corrected chi connectivity index (χ3v) is 4.43. The largest absolute Gasteiger partial charge is 0.392 e. The molecule has 0 amide bonds. The predicted molar refractivity (Wildman–Crippen MR) is 71.6 cm³/mol. The maximum atomic E-state index is 12.2. The molecule has 0 aliphatic carbocycles. The Balaban J connectivity index is 2.98. The number of rotatable bonds is 6. The van der Waals surface area contributed by atoms with Crippen LogP contribution in [0.1, 0.15) is 32.8 Å². The average molecular weight is 271 g/mol. The molecule has 0 bridgehead atoms. The summed E-state index contributed by atoms with van der Waals surface area (Å²) in [5, 5.41) is 9.03. The van der Waals surface area contributed by atoms with Crippen LogP contribution < -0.4 is 4.72 Å². The minimum Gasteiger partial charge on any atom is -0.392 e. The zero-order valence-electron chi connectivity index (χ0n) is 11.1. The van der Waals surface area contributed by atoms with E-state index >= 15 is 0 Å². The summed E-state index contributed by atoms with van der Waals surface area (Å²) in [7, 11) is -3.51. The summed E-state index contributed by atoms with van der Waals surface area (Å²) in [5.41, 5.74) is 0.593. The van der Waals surface area contributed by atoms with Crippen molar-refractivity contribution >= 4 is 10.0 Å². The molecule has 0 aliphatic rings. The Kier molecular flexibility index (Phi) is 5.31. The molecule has 0 aromatic heterocycles. The lowest BCUT2D eigenvalue weighted by molar-refractivity contribution is 0.281. The first kappa shape index (κ1) is 15.1. The summed E-state index contributed by atoms with van der Waals surface area (Å²) in [6.45, 7) is 5.77. The number of aliphatic hydroxyl groups is 1. The lowest BCUT2D eigenvalue weighted by atomic mass is 10.0. The van der Waals surface area contributed by atoms with Gasteiger partial charge in [0.05, 0.1) is 11.5 Å². The van der Waals surface area contributed by atoms with E-state index in [0.29, 0.717) is 5.56 Å². The molecule has 0 radical (unpaired) electrons. The van der Waals surface area contributed by atoms with Crippen LogP contribution in [0.15, 0.2) is 29.2 Å². The summed E-state index contributed by atoms with van der Waals surface area (Å²) < 4.78 is 27.1. The van der Waals surface area contributed by atoms with Crippen LogP contribution in [0.25, 0.3) is 0 Å². The first-order chi connectivity index (χ1) is 8.40. The second-order valence-electron chi connectivity index (χ2n) is 4.69. The number of sulfonamides is 1. The van der Waals surface area contributed by atoms with Crippen LogP contribution >= 0.6 is 0 Å². The highest BCUT2D eigenvalue weighted by Gasteiger charge is 2.21. The molecule has 2 N–H and O–H groups in total. The van der Waals surface area contributed by atoms with Crippen molar-refractivity contribution in [2.45, 2.75) is 44.7 Å².